The summed E-state index contributed by atoms with van der Waals surface area (Å²) >= 11 is 0. The van der Waals surface area contributed by atoms with Crippen molar-refractivity contribution in [3.05, 3.63) is 95.3 Å². The highest BCUT2D eigenvalue weighted by atomic mass is 19.1. The Morgan fingerprint density at radius 1 is 0.880 bits per heavy atom. The number of carbonyl (C=O) groups excluding carboxylic acids is 1. The van der Waals surface area contributed by atoms with E-state index in [2.05, 4.69) is 0 Å². The van der Waals surface area contributed by atoms with E-state index in [1.165, 1.54) is 18.2 Å². The van der Waals surface area contributed by atoms with Gasteiger partial charge >= 0.3 is 0 Å². The Labute approximate surface area is 144 Å². The van der Waals surface area contributed by atoms with E-state index in [1.54, 1.807) is 35.2 Å². The number of aromatic nitrogens is 1. The van der Waals surface area contributed by atoms with Crippen molar-refractivity contribution in [2.45, 2.75) is 12.6 Å². The second-order valence-electron chi connectivity index (χ2n) is 6.03. The summed E-state index contributed by atoms with van der Waals surface area (Å²) in [7, 11) is 0. The van der Waals surface area contributed by atoms with Gasteiger partial charge in [0.15, 0.2) is 0 Å². The quantitative estimate of drug-likeness (QED) is 0.693. The van der Waals surface area contributed by atoms with E-state index in [9.17, 15) is 13.6 Å². The number of halogens is 2. The maximum atomic E-state index is 14.5. The zero-order chi connectivity index (χ0) is 17.4. The molecule has 4 rings (SSSR count). The molecule has 3 nitrogen and oxygen atoms in total. The fourth-order valence-corrected chi connectivity index (χ4v) is 3.42. The fraction of sp³-hybridized carbons (Fsp3) is 0.150. The number of amides is 1. The minimum atomic E-state index is -0.586. The Bertz CT molecular complexity index is 935. The lowest BCUT2D eigenvalue weighted by Crippen LogP contribution is -2.43. The average Bonchev–Trinajstić information content (AvgIpc) is 3.10. The first-order chi connectivity index (χ1) is 12.2. The Hall–Kier alpha value is -2.95. The van der Waals surface area contributed by atoms with Gasteiger partial charge in [-0.1, -0.05) is 30.3 Å². The van der Waals surface area contributed by atoms with Crippen molar-refractivity contribution >= 4 is 5.91 Å². The summed E-state index contributed by atoms with van der Waals surface area (Å²) in [6.07, 6.45) is 1.91. The van der Waals surface area contributed by atoms with Crippen molar-refractivity contribution in [3.63, 3.8) is 0 Å². The van der Waals surface area contributed by atoms with Crippen LogP contribution in [-0.2, 0) is 6.54 Å². The van der Waals surface area contributed by atoms with Gasteiger partial charge in [-0.05, 0) is 30.3 Å². The molecular weight excluding hydrogens is 322 g/mol. The summed E-state index contributed by atoms with van der Waals surface area (Å²) in [6.45, 7) is 0.974. The molecule has 5 heteroatoms. The smallest absolute Gasteiger partial charge is 0.257 e. The molecule has 2 aromatic carbocycles. The van der Waals surface area contributed by atoms with E-state index in [-0.39, 0.29) is 11.4 Å². The molecule has 0 saturated heterocycles. The molecule has 1 amide bonds. The third-order valence-corrected chi connectivity index (χ3v) is 4.60. The number of benzene rings is 2. The van der Waals surface area contributed by atoms with Gasteiger partial charge < -0.3 is 9.47 Å². The summed E-state index contributed by atoms with van der Waals surface area (Å²) in [5, 5.41) is 0. The molecule has 0 aliphatic carbocycles. The molecule has 0 spiro atoms. The van der Waals surface area contributed by atoms with Gasteiger partial charge in [-0.15, -0.1) is 0 Å². The fourth-order valence-electron chi connectivity index (χ4n) is 3.42. The zero-order valence-corrected chi connectivity index (χ0v) is 13.4. The van der Waals surface area contributed by atoms with Gasteiger partial charge in [0.2, 0.25) is 0 Å². The lowest BCUT2D eigenvalue weighted by molar-refractivity contribution is 0.0656. The van der Waals surface area contributed by atoms with E-state index >= 15 is 0 Å². The van der Waals surface area contributed by atoms with E-state index in [1.807, 2.05) is 22.9 Å². The standard InChI is InChI=1S/C20H16F2N2O/c21-16-8-3-1-6-14(16)19-18-10-5-11-23(18)12-13-24(19)20(25)15-7-2-4-9-17(15)22/h1-11,19H,12-13H2/t19-/m1/s1. The summed E-state index contributed by atoms with van der Waals surface area (Å²) in [5.74, 6) is -1.38. The van der Waals surface area contributed by atoms with Crippen LogP contribution in [0.1, 0.15) is 27.7 Å². The SMILES string of the molecule is O=C(c1ccccc1F)N1CCn2cccc2[C@H]1c1ccccc1F. The molecule has 1 aliphatic rings. The molecule has 0 N–H and O–H groups in total. The molecule has 126 valence electrons. The first kappa shape index (κ1) is 15.6. The Balaban J connectivity index is 1.83. The topological polar surface area (TPSA) is 25.2 Å². The molecule has 1 aromatic heterocycles. The number of hydrogen-bond acceptors (Lipinski definition) is 1. The van der Waals surface area contributed by atoms with Crippen LogP contribution in [0.25, 0.3) is 0 Å². The van der Waals surface area contributed by atoms with Gasteiger partial charge in [0.1, 0.15) is 17.7 Å². The van der Waals surface area contributed by atoms with Crippen molar-refractivity contribution in [2.24, 2.45) is 0 Å². The molecule has 0 saturated carbocycles. The molecular formula is C20H16F2N2O. The Kier molecular flexibility index (Phi) is 3.84. The van der Waals surface area contributed by atoms with Crippen LogP contribution in [0.3, 0.4) is 0 Å². The predicted octanol–water partition coefficient (Wildman–Crippen LogP) is 4.01. The second kappa shape index (κ2) is 6.16. The van der Waals surface area contributed by atoms with Gasteiger partial charge in [0.05, 0.1) is 5.56 Å². The average molecular weight is 338 g/mol. The van der Waals surface area contributed by atoms with Gasteiger partial charge in [0.25, 0.3) is 5.91 Å². The number of fused-ring (bicyclic) bond motifs is 1. The zero-order valence-electron chi connectivity index (χ0n) is 13.4. The van der Waals surface area contributed by atoms with Crippen molar-refractivity contribution in [1.82, 2.24) is 9.47 Å². The molecule has 3 aromatic rings. The first-order valence-electron chi connectivity index (χ1n) is 8.12. The Morgan fingerprint density at radius 3 is 2.36 bits per heavy atom. The van der Waals surface area contributed by atoms with Crippen LogP contribution >= 0.6 is 0 Å². The molecule has 0 bridgehead atoms. The monoisotopic (exact) mass is 338 g/mol. The number of hydrogen-bond donors (Lipinski definition) is 0. The first-order valence-corrected chi connectivity index (χ1v) is 8.12. The van der Waals surface area contributed by atoms with Crippen LogP contribution in [0.15, 0.2) is 66.9 Å². The van der Waals surface area contributed by atoms with Crippen LogP contribution in [-0.4, -0.2) is 21.9 Å². The van der Waals surface area contributed by atoms with Crippen LogP contribution < -0.4 is 0 Å². The van der Waals surface area contributed by atoms with Gasteiger partial charge in [0, 0.05) is 30.5 Å². The van der Waals surface area contributed by atoms with E-state index in [4.69, 9.17) is 0 Å². The van der Waals surface area contributed by atoms with Gasteiger partial charge in [-0.2, -0.15) is 0 Å². The lowest BCUT2D eigenvalue weighted by Gasteiger charge is -2.37. The lowest BCUT2D eigenvalue weighted by atomic mass is 9.98. The molecule has 1 aliphatic heterocycles. The van der Waals surface area contributed by atoms with Crippen LogP contribution in [0.5, 0.6) is 0 Å². The molecule has 0 radical (unpaired) electrons. The van der Waals surface area contributed by atoms with Crippen LogP contribution in [0, 0.1) is 11.6 Å². The minimum absolute atomic E-state index is 0.00356. The largest absolute Gasteiger partial charge is 0.348 e. The summed E-state index contributed by atoms with van der Waals surface area (Å²) < 4.78 is 30.6. The van der Waals surface area contributed by atoms with Gasteiger partial charge in [-0.3, -0.25) is 4.79 Å². The molecule has 0 fully saturated rings. The predicted molar refractivity (Wildman–Crippen MR) is 90.1 cm³/mol. The highest BCUT2D eigenvalue weighted by Crippen LogP contribution is 2.34. The van der Waals surface area contributed by atoms with E-state index < -0.39 is 17.8 Å². The van der Waals surface area contributed by atoms with Crippen molar-refractivity contribution in [1.29, 1.82) is 0 Å². The second-order valence-corrected chi connectivity index (χ2v) is 6.03. The Morgan fingerprint density at radius 2 is 1.60 bits per heavy atom. The van der Waals surface area contributed by atoms with Crippen molar-refractivity contribution < 1.29 is 13.6 Å². The highest BCUT2D eigenvalue weighted by Gasteiger charge is 2.34. The summed E-state index contributed by atoms with van der Waals surface area (Å²) in [6, 6.07) is 15.5. The number of nitrogens with zero attached hydrogens (tertiary/aromatic N) is 2. The van der Waals surface area contributed by atoms with Gasteiger partial charge in [-0.25, -0.2) is 8.78 Å². The van der Waals surface area contributed by atoms with Crippen molar-refractivity contribution in [2.75, 3.05) is 6.54 Å². The molecule has 25 heavy (non-hydrogen) atoms. The highest BCUT2D eigenvalue weighted by molar-refractivity contribution is 5.95. The van der Waals surface area contributed by atoms with Crippen molar-refractivity contribution in [3.8, 4) is 0 Å². The summed E-state index contributed by atoms with van der Waals surface area (Å²) in [4.78, 5) is 14.5. The number of rotatable bonds is 2. The normalized spacial score (nSPS) is 16.6. The molecule has 0 unspecified atom stereocenters. The third-order valence-electron chi connectivity index (χ3n) is 4.60. The maximum absolute atomic E-state index is 14.5. The maximum Gasteiger partial charge on any atom is 0.257 e. The molecule has 2 heterocycles. The van der Waals surface area contributed by atoms with Crippen LogP contribution in [0.2, 0.25) is 0 Å². The third kappa shape index (κ3) is 2.61. The number of carbonyl (C=O) groups is 1. The molecule has 1 atom stereocenters. The van der Waals surface area contributed by atoms with Crippen LogP contribution in [0.4, 0.5) is 8.78 Å². The van der Waals surface area contributed by atoms with E-state index in [0.717, 1.165) is 5.69 Å². The summed E-state index contributed by atoms with van der Waals surface area (Å²) in [5.41, 5.74) is 1.23. The van der Waals surface area contributed by atoms with E-state index in [0.29, 0.717) is 18.7 Å². The minimum Gasteiger partial charge on any atom is -0.348 e.